The summed E-state index contributed by atoms with van der Waals surface area (Å²) in [6, 6.07) is 18.6. The second-order valence-corrected chi connectivity index (χ2v) is 10.5. The molecule has 0 radical (unpaired) electrons. The maximum atomic E-state index is 13.4. The van der Waals surface area contributed by atoms with Crippen molar-refractivity contribution in [2.45, 2.75) is 32.6 Å². The Balaban J connectivity index is 1.43. The van der Waals surface area contributed by atoms with Crippen molar-refractivity contribution in [3.05, 3.63) is 112 Å². The van der Waals surface area contributed by atoms with Gasteiger partial charge in [-0.15, -0.1) is 0 Å². The van der Waals surface area contributed by atoms with Crippen molar-refractivity contribution in [2.24, 2.45) is 0 Å². The van der Waals surface area contributed by atoms with Crippen molar-refractivity contribution >= 4 is 11.7 Å². The van der Waals surface area contributed by atoms with E-state index in [1.165, 1.54) is 4.90 Å². The number of nitrogens with zero attached hydrogens (tertiary/aromatic N) is 4. The number of benzene rings is 3. The average Bonchev–Trinajstić information content (AvgIpc) is 2.97. The molecule has 2 heterocycles. The summed E-state index contributed by atoms with van der Waals surface area (Å²) in [5, 5.41) is 0. The van der Waals surface area contributed by atoms with Crippen LogP contribution in [0.15, 0.2) is 72.8 Å². The molecule has 0 spiro atoms. The fourth-order valence-corrected chi connectivity index (χ4v) is 5.06. The maximum absolute atomic E-state index is 13.4. The highest BCUT2D eigenvalue weighted by Gasteiger charge is 2.38. The number of halogens is 6. The van der Waals surface area contributed by atoms with E-state index in [2.05, 4.69) is 0 Å². The van der Waals surface area contributed by atoms with Crippen molar-refractivity contribution in [3.63, 3.8) is 0 Å². The van der Waals surface area contributed by atoms with Gasteiger partial charge in [-0.2, -0.15) is 26.3 Å². The fraction of sp³-hybridized carbons (Fsp3) is 0.281. The Morgan fingerprint density at radius 3 is 1.91 bits per heavy atom. The molecule has 1 fully saturated rings. The van der Waals surface area contributed by atoms with Crippen LogP contribution in [0.4, 0.5) is 32.2 Å². The SMILES string of the molecule is Cc1ccc(-c2nc(C)c(Cc3ccccc3)c(N3CCN(C(=O)c4cc(C(F)(F)F)cc(C(F)(F)F)c4)CC3)n2)cc1. The molecule has 224 valence electrons. The minimum absolute atomic E-state index is 0.0199. The Morgan fingerprint density at radius 2 is 1.35 bits per heavy atom. The molecule has 4 aromatic rings. The van der Waals surface area contributed by atoms with E-state index in [4.69, 9.17) is 9.97 Å². The van der Waals surface area contributed by atoms with Crippen LogP contribution in [-0.2, 0) is 18.8 Å². The molecule has 0 bridgehead atoms. The zero-order valence-electron chi connectivity index (χ0n) is 23.4. The molecule has 3 aromatic carbocycles. The number of carbonyl (C=O) groups is 1. The van der Waals surface area contributed by atoms with E-state index in [0.29, 0.717) is 30.2 Å². The highest BCUT2D eigenvalue weighted by molar-refractivity contribution is 5.95. The molecule has 5 nitrogen and oxygen atoms in total. The van der Waals surface area contributed by atoms with Crippen LogP contribution in [0.25, 0.3) is 11.4 Å². The number of anilines is 1. The van der Waals surface area contributed by atoms with E-state index in [1.807, 2.05) is 73.3 Å². The molecule has 0 saturated carbocycles. The molecule has 1 aromatic heterocycles. The van der Waals surface area contributed by atoms with Gasteiger partial charge in [0.15, 0.2) is 5.82 Å². The highest BCUT2D eigenvalue weighted by Crippen LogP contribution is 2.37. The summed E-state index contributed by atoms with van der Waals surface area (Å²) < 4.78 is 80.2. The third-order valence-electron chi connectivity index (χ3n) is 7.43. The maximum Gasteiger partial charge on any atom is 0.416 e. The first-order valence-corrected chi connectivity index (χ1v) is 13.6. The lowest BCUT2D eigenvalue weighted by Gasteiger charge is -2.36. The molecule has 1 saturated heterocycles. The number of aryl methyl sites for hydroxylation is 2. The van der Waals surface area contributed by atoms with Crippen LogP contribution in [0.5, 0.6) is 0 Å². The van der Waals surface area contributed by atoms with E-state index in [1.54, 1.807) is 0 Å². The van der Waals surface area contributed by atoms with E-state index >= 15 is 0 Å². The van der Waals surface area contributed by atoms with Crippen molar-refractivity contribution in [1.82, 2.24) is 14.9 Å². The van der Waals surface area contributed by atoms with Crippen LogP contribution >= 0.6 is 0 Å². The first kappa shape index (κ1) is 30.1. The van der Waals surface area contributed by atoms with Gasteiger partial charge in [0.2, 0.25) is 0 Å². The minimum Gasteiger partial charge on any atom is -0.353 e. The second kappa shape index (κ2) is 11.7. The van der Waals surface area contributed by atoms with E-state index < -0.39 is 35.0 Å². The standard InChI is InChI=1S/C32H28F6N4O/c1-20-8-10-23(11-9-20)28-39-21(2)27(16-22-6-4-3-5-7-22)29(40-28)41-12-14-42(15-13-41)30(43)24-17-25(31(33,34)35)19-26(18-24)32(36,37)38/h3-11,17-19H,12-16H2,1-2H3. The smallest absolute Gasteiger partial charge is 0.353 e. The van der Waals surface area contributed by atoms with Crippen molar-refractivity contribution in [1.29, 1.82) is 0 Å². The molecular weight excluding hydrogens is 570 g/mol. The van der Waals surface area contributed by atoms with Gasteiger partial charge in [-0.1, -0.05) is 60.2 Å². The summed E-state index contributed by atoms with van der Waals surface area (Å²) in [5.74, 6) is 0.323. The Kier molecular flexibility index (Phi) is 8.18. The number of rotatable bonds is 5. The lowest BCUT2D eigenvalue weighted by atomic mass is 10.0. The zero-order chi connectivity index (χ0) is 30.9. The van der Waals surface area contributed by atoms with Gasteiger partial charge in [-0.05, 0) is 37.6 Å². The lowest BCUT2D eigenvalue weighted by Crippen LogP contribution is -2.49. The topological polar surface area (TPSA) is 49.3 Å². The van der Waals surface area contributed by atoms with Crippen LogP contribution < -0.4 is 4.90 Å². The van der Waals surface area contributed by atoms with Gasteiger partial charge in [-0.3, -0.25) is 4.79 Å². The number of hydrogen-bond acceptors (Lipinski definition) is 4. The van der Waals surface area contributed by atoms with Gasteiger partial charge in [0, 0.05) is 55.0 Å². The largest absolute Gasteiger partial charge is 0.416 e. The summed E-state index contributed by atoms with van der Waals surface area (Å²) in [7, 11) is 0. The minimum atomic E-state index is -5.04. The van der Waals surface area contributed by atoms with E-state index in [0.717, 1.165) is 27.9 Å². The molecule has 1 amide bonds. The second-order valence-electron chi connectivity index (χ2n) is 10.5. The zero-order valence-corrected chi connectivity index (χ0v) is 23.4. The monoisotopic (exact) mass is 598 g/mol. The van der Waals surface area contributed by atoms with Gasteiger partial charge in [0.05, 0.1) is 11.1 Å². The van der Waals surface area contributed by atoms with Crippen LogP contribution in [-0.4, -0.2) is 47.0 Å². The quantitative estimate of drug-likeness (QED) is 0.226. The number of amides is 1. The molecule has 1 aliphatic rings. The Labute approximate surface area is 244 Å². The predicted molar refractivity (Wildman–Crippen MR) is 151 cm³/mol. The molecule has 0 aliphatic carbocycles. The average molecular weight is 599 g/mol. The molecular formula is C32H28F6N4O. The molecule has 11 heteroatoms. The summed E-state index contributed by atoms with van der Waals surface area (Å²) in [4.78, 5) is 26.1. The lowest BCUT2D eigenvalue weighted by molar-refractivity contribution is -0.143. The van der Waals surface area contributed by atoms with Crippen LogP contribution in [0.2, 0.25) is 0 Å². The van der Waals surface area contributed by atoms with Gasteiger partial charge in [0.25, 0.3) is 5.91 Å². The molecule has 1 aliphatic heterocycles. The molecule has 0 unspecified atom stereocenters. The third-order valence-corrected chi connectivity index (χ3v) is 7.43. The normalized spacial score (nSPS) is 14.2. The Bertz CT molecular complexity index is 1580. The van der Waals surface area contributed by atoms with Crippen LogP contribution in [0.1, 0.15) is 43.9 Å². The Hall–Kier alpha value is -4.41. The molecule has 5 rings (SSSR count). The van der Waals surface area contributed by atoms with Crippen molar-refractivity contribution in [3.8, 4) is 11.4 Å². The Morgan fingerprint density at radius 1 is 0.767 bits per heavy atom. The summed E-state index contributed by atoms with van der Waals surface area (Å²) >= 11 is 0. The first-order valence-electron chi connectivity index (χ1n) is 13.6. The predicted octanol–water partition coefficient (Wildman–Crippen LogP) is 7.35. The molecule has 0 atom stereocenters. The number of piperazine rings is 1. The number of aromatic nitrogens is 2. The molecule has 43 heavy (non-hydrogen) atoms. The van der Waals surface area contributed by atoms with Gasteiger partial charge < -0.3 is 9.80 Å². The van der Waals surface area contributed by atoms with Crippen molar-refractivity contribution < 1.29 is 31.1 Å². The van der Waals surface area contributed by atoms with Gasteiger partial charge >= 0.3 is 12.4 Å². The summed E-state index contributed by atoms with van der Waals surface area (Å²) in [5.41, 5.74) is 0.966. The summed E-state index contributed by atoms with van der Waals surface area (Å²) in [6.07, 6.45) is -9.52. The number of alkyl halides is 6. The van der Waals surface area contributed by atoms with Gasteiger partial charge in [-0.25, -0.2) is 9.97 Å². The third kappa shape index (κ3) is 6.81. The first-order chi connectivity index (χ1) is 20.3. The van der Waals surface area contributed by atoms with Crippen molar-refractivity contribution in [2.75, 3.05) is 31.1 Å². The fourth-order valence-electron chi connectivity index (χ4n) is 5.06. The number of carbonyl (C=O) groups excluding carboxylic acids is 1. The van der Waals surface area contributed by atoms with Gasteiger partial charge in [0.1, 0.15) is 5.82 Å². The van der Waals surface area contributed by atoms with Crippen LogP contribution in [0, 0.1) is 13.8 Å². The van der Waals surface area contributed by atoms with E-state index in [9.17, 15) is 31.1 Å². The summed E-state index contributed by atoms with van der Waals surface area (Å²) in [6.45, 7) is 4.63. The van der Waals surface area contributed by atoms with Crippen LogP contribution in [0.3, 0.4) is 0 Å². The number of hydrogen-bond donors (Lipinski definition) is 0. The molecule has 0 N–H and O–H groups in total. The van der Waals surface area contributed by atoms with E-state index in [-0.39, 0.29) is 32.2 Å². The highest BCUT2D eigenvalue weighted by atomic mass is 19.4.